The quantitative estimate of drug-likeness (QED) is 0.874. The summed E-state index contributed by atoms with van der Waals surface area (Å²) in [5.74, 6) is -0.111. The molecule has 0 fully saturated rings. The van der Waals surface area contributed by atoms with Crippen molar-refractivity contribution in [3.05, 3.63) is 29.3 Å². The maximum Gasteiger partial charge on any atom is 0.419 e. The second-order valence-corrected chi connectivity index (χ2v) is 6.67. The molecule has 0 saturated carbocycles. The van der Waals surface area contributed by atoms with Crippen LogP contribution in [0.1, 0.15) is 45.2 Å². The second-order valence-electron chi connectivity index (χ2n) is 6.67. The van der Waals surface area contributed by atoms with Gasteiger partial charge in [-0.25, -0.2) is 0 Å². The molecule has 5 heteroatoms. The van der Waals surface area contributed by atoms with Gasteiger partial charge in [0.25, 0.3) is 0 Å². The molecule has 0 saturated heterocycles. The first-order valence-corrected chi connectivity index (χ1v) is 7.07. The molecular formula is C16H24F3NO. The Hall–Kier alpha value is -1.23. The number of hydrogen-bond donors (Lipinski definition) is 1. The van der Waals surface area contributed by atoms with Crippen molar-refractivity contribution in [3.63, 3.8) is 0 Å². The van der Waals surface area contributed by atoms with Crippen LogP contribution in [0.4, 0.5) is 13.2 Å². The van der Waals surface area contributed by atoms with Crippen molar-refractivity contribution in [2.45, 2.75) is 52.8 Å². The Morgan fingerprint density at radius 2 is 1.81 bits per heavy atom. The van der Waals surface area contributed by atoms with E-state index in [1.807, 2.05) is 20.8 Å². The summed E-state index contributed by atoms with van der Waals surface area (Å²) >= 11 is 0. The van der Waals surface area contributed by atoms with E-state index in [0.717, 1.165) is 6.07 Å². The van der Waals surface area contributed by atoms with E-state index in [0.29, 0.717) is 18.4 Å². The van der Waals surface area contributed by atoms with E-state index in [2.05, 4.69) is 0 Å². The van der Waals surface area contributed by atoms with E-state index >= 15 is 0 Å². The van der Waals surface area contributed by atoms with Crippen molar-refractivity contribution in [1.29, 1.82) is 0 Å². The molecule has 0 aromatic heterocycles. The molecule has 0 aliphatic rings. The van der Waals surface area contributed by atoms with Gasteiger partial charge in [-0.3, -0.25) is 0 Å². The first-order chi connectivity index (χ1) is 9.49. The summed E-state index contributed by atoms with van der Waals surface area (Å²) in [6.45, 7) is 8.09. The molecule has 1 rings (SSSR count). The van der Waals surface area contributed by atoms with Crippen LogP contribution in [0.3, 0.4) is 0 Å². The fraction of sp³-hybridized carbons (Fsp3) is 0.625. The minimum absolute atomic E-state index is 0.0211. The minimum atomic E-state index is -4.43. The molecule has 0 spiro atoms. The molecule has 0 aliphatic carbocycles. The van der Waals surface area contributed by atoms with Crippen LogP contribution in [-0.4, -0.2) is 12.6 Å². The highest BCUT2D eigenvalue weighted by Gasteiger charge is 2.34. The van der Waals surface area contributed by atoms with E-state index in [1.165, 1.54) is 6.07 Å². The molecule has 2 nitrogen and oxygen atoms in total. The van der Waals surface area contributed by atoms with Gasteiger partial charge >= 0.3 is 6.18 Å². The van der Waals surface area contributed by atoms with Crippen molar-refractivity contribution < 1.29 is 17.9 Å². The molecule has 0 radical (unpaired) electrons. The van der Waals surface area contributed by atoms with Gasteiger partial charge < -0.3 is 10.5 Å². The van der Waals surface area contributed by atoms with Gasteiger partial charge in [0, 0.05) is 6.04 Å². The number of benzene rings is 1. The number of ether oxygens (including phenoxy) is 1. The number of hydrogen-bond acceptors (Lipinski definition) is 2. The van der Waals surface area contributed by atoms with Crippen molar-refractivity contribution in [1.82, 2.24) is 0 Å². The van der Waals surface area contributed by atoms with Crippen LogP contribution >= 0.6 is 0 Å². The summed E-state index contributed by atoms with van der Waals surface area (Å²) in [6, 6.07) is 3.99. The first kappa shape index (κ1) is 17.8. The molecule has 0 aliphatic heterocycles. The summed E-state index contributed by atoms with van der Waals surface area (Å²) in [5.41, 5.74) is 5.50. The highest BCUT2D eigenvalue weighted by atomic mass is 19.4. The average molecular weight is 303 g/mol. The van der Waals surface area contributed by atoms with E-state index in [4.69, 9.17) is 10.5 Å². The summed E-state index contributed by atoms with van der Waals surface area (Å²) in [7, 11) is 0. The lowest BCUT2D eigenvalue weighted by Crippen LogP contribution is -2.19. The predicted octanol–water partition coefficient (Wildman–Crippen LogP) is 4.41. The number of halogens is 3. The second kappa shape index (κ2) is 6.69. The van der Waals surface area contributed by atoms with Crippen LogP contribution in [0.5, 0.6) is 5.75 Å². The van der Waals surface area contributed by atoms with Crippen LogP contribution in [-0.2, 0) is 12.6 Å². The minimum Gasteiger partial charge on any atom is -0.493 e. The fourth-order valence-electron chi connectivity index (χ4n) is 1.89. The lowest BCUT2D eigenvalue weighted by atomic mass is 9.93. The standard InChI is InChI=1S/C16H24F3NO/c1-11(20)9-12-5-6-14(13(10-12)16(17,18)19)21-8-7-15(2,3)4/h5-6,10-11H,7-9,20H2,1-4H3. The van der Waals surface area contributed by atoms with Crippen molar-refractivity contribution in [3.8, 4) is 5.75 Å². The van der Waals surface area contributed by atoms with Crippen LogP contribution in [0, 0.1) is 5.41 Å². The fourth-order valence-corrected chi connectivity index (χ4v) is 1.89. The van der Waals surface area contributed by atoms with E-state index in [-0.39, 0.29) is 23.8 Å². The molecule has 0 amide bonds. The molecule has 1 unspecified atom stereocenters. The smallest absolute Gasteiger partial charge is 0.419 e. The predicted molar refractivity (Wildman–Crippen MR) is 78.4 cm³/mol. The maximum atomic E-state index is 13.1. The highest BCUT2D eigenvalue weighted by molar-refractivity contribution is 5.39. The SMILES string of the molecule is CC(N)Cc1ccc(OCCC(C)(C)C)c(C(F)(F)F)c1. The Bertz CT molecular complexity index is 462. The van der Waals surface area contributed by atoms with E-state index in [1.54, 1.807) is 13.0 Å². The number of nitrogens with two attached hydrogens (primary N) is 1. The number of alkyl halides is 3. The number of rotatable bonds is 5. The molecule has 0 heterocycles. The molecular weight excluding hydrogens is 279 g/mol. The molecule has 1 aromatic rings. The first-order valence-electron chi connectivity index (χ1n) is 7.07. The van der Waals surface area contributed by atoms with Gasteiger partial charge in [0.05, 0.1) is 12.2 Å². The lowest BCUT2D eigenvalue weighted by molar-refractivity contribution is -0.139. The Kier molecular flexibility index (Phi) is 5.68. The van der Waals surface area contributed by atoms with Gasteiger partial charge in [-0.2, -0.15) is 13.2 Å². The van der Waals surface area contributed by atoms with Gasteiger partial charge in [-0.05, 0) is 42.9 Å². The molecule has 2 N–H and O–H groups in total. The topological polar surface area (TPSA) is 35.2 Å². The van der Waals surface area contributed by atoms with Crippen molar-refractivity contribution >= 4 is 0 Å². The summed E-state index contributed by atoms with van der Waals surface area (Å²) in [5, 5.41) is 0. The van der Waals surface area contributed by atoms with Crippen LogP contribution < -0.4 is 10.5 Å². The molecule has 0 bridgehead atoms. The third-order valence-corrected chi connectivity index (χ3v) is 3.02. The third kappa shape index (κ3) is 6.38. The lowest BCUT2D eigenvalue weighted by Gasteiger charge is -2.20. The zero-order chi connectivity index (χ0) is 16.3. The van der Waals surface area contributed by atoms with Gasteiger partial charge in [0.15, 0.2) is 0 Å². The summed E-state index contributed by atoms with van der Waals surface area (Å²) in [6.07, 6.45) is -3.33. The van der Waals surface area contributed by atoms with Crippen molar-refractivity contribution in [2.75, 3.05) is 6.61 Å². The largest absolute Gasteiger partial charge is 0.493 e. The Labute approximate surface area is 124 Å². The van der Waals surface area contributed by atoms with Gasteiger partial charge in [0.1, 0.15) is 5.75 Å². The molecule has 21 heavy (non-hydrogen) atoms. The zero-order valence-electron chi connectivity index (χ0n) is 13.1. The Balaban J connectivity index is 2.92. The van der Waals surface area contributed by atoms with Gasteiger partial charge in [0.2, 0.25) is 0 Å². The summed E-state index contributed by atoms with van der Waals surface area (Å²) < 4.78 is 44.7. The maximum absolute atomic E-state index is 13.1. The average Bonchev–Trinajstić information content (AvgIpc) is 2.27. The van der Waals surface area contributed by atoms with Crippen LogP contribution in [0.2, 0.25) is 0 Å². The molecule has 120 valence electrons. The normalized spacial score (nSPS) is 14.1. The van der Waals surface area contributed by atoms with Crippen LogP contribution in [0.15, 0.2) is 18.2 Å². The molecule has 1 atom stereocenters. The van der Waals surface area contributed by atoms with Crippen LogP contribution in [0.25, 0.3) is 0 Å². The highest BCUT2D eigenvalue weighted by Crippen LogP contribution is 2.37. The Morgan fingerprint density at radius 3 is 2.29 bits per heavy atom. The van der Waals surface area contributed by atoms with Gasteiger partial charge in [-0.15, -0.1) is 0 Å². The van der Waals surface area contributed by atoms with E-state index in [9.17, 15) is 13.2 Å². The third-order valence-electron chi connectivity index (χ3n) is 3.02. The van der Waals surface area contributed by atoms with Crippen molar-refractivity contribution in [2.24, 2.45) is 11.1 Å². The zero-order valence-corrected chi connectivity index (χ0v) is 13.1. The Morgan fingerprint density at radius 1 is 1.19 bits per heavy atom. The molecule has 1 aromatic carbocycles. The van der Waals surface area contributed by atoms with Gasteiger partial charge in [-0.1, -0.05) is 26.8 Å². The van der Waals surface area contributed by atoms with E-state index < -0.39 is 11.7 Å². The summed E-state index contributed by atoms with van der Waals surface area (Å²) in [4.78, 5) is 0. The monoisotopic (exact) mass is 303 g/mol.